The van der Waals surface area contributed by atoms with Gasteiger partial charge in [0, 0.05) is 32.2 Å². The summed E-state index contributed by atoms with van der Waals surface area (Å²) in [5.41, 5.74) is 1.14. The van der Waals surface area contributed by atoms with Crippen LogP contribution in [-0.4, -0.2) is 30.9 Å². The largest absolute Gasteiger partial charge is 0.347 e. The molecule has 0 unspecified atom stereocenters. The summed E-state index contributed by atoms with van der Waals surface area (Å²) in [5, 5.41) is 2.72. The molecular weight excluding hydrogens is 292 g/mol. The van der Waals surface area contributed by atoms with Gasteiger partial charge in [-0.05, 0) is 24.7 Å². The molecule has 112 valence electrons. The molecule has 2 N–H and O–H groups in total. The highest BCUT2D eigenvalue weighted by molar-refractivity contribution is 7.89. The number of nitrogens with zero attached hydrogens (tertiary/aromatic N) is 2. The van der Waals surface area contributed by atoms with Crippen LogP contribution in [0.2, 0.25) is 0 Å². The third-order valence-corrected chi connectivity index (χ3v) is 4.35. The van der Waals surface area contributed by atoms with E-state index in [1.165, 1.54) is 23.9 Å². The summed E-state index contributed by atoms with van der Waals surface area (Å²) in [5.74, 6) is -0.348. The van der Waals surface area contributed by atoms with E-state index in [9.17, 15) is 13.2 Å². The highest BCUT2D eigenvalue weighted by Gasteiger charge is 2.18. The van der Waals surface area contributed by atoms with E-state index in [0.29, 0.717) is 6.54 Å². The van der Waals surface area contributed by atoms with Crippen LogP contribution < -0.4 is 10.0 Å². The summed E-state index contributed by atoms with van der Waals surface area (Å²) >= 11 is 0. The van der Waals surface area contributed by atoms with Gasteiger partial charge in [-0.1, -0.05) is 6.07 Å². The van der Waals surface area contributed by atoms with Gasteiger partial charge >= 0.3 is 0 Å². The summed E-state index contributed by atoms with van der Waals surface area (Å²) in [6.45, 7) is 0.325. The molecule has 2 rings (SSSR count). The number of hydrogen-bond donors (Lipinski definition) is 2. The Hall–Kier alpha value is -2.19. The van der Waals surface area contributed by atoms with Crippen molar-refractivity contribution in [3.8, 4) is 0 Å². The normalized spacial score (nSPS) is 11.3. The van der Waals surface area contributed by atoms with Crippen molar-refractivity contribution in [2.75, 3.05) is 7.05 Å². The molecule has 0 radical (unpaired) electrons. The van der Waals surface area contributed by atoms with E-state index in [0.717, 1.165) is 5.56 Å². The molecule has 21 heavy (non-hydrogen) atoms. The van der Waals surface area contributed by atoms with E-state index < -0.39 is 10.0 Å². The molecule has 0 atom stereocenters. The minimum atomic E-state index is -3.56. The van der Waals surface area contributed by atoms with Crippen molar-refractivity contribution >= 4 is 15.9 Å². The topological polar surface area (TPSA) is 93.1 Å². The molecule has 0 spiro atoms. The number of aromatic nitrogens is 2. The van der Waals surface area contributed by atoms with Crippen molar-refractivity contribution in [3.05, 3.63) is 48.0 Å². The van der Waals surface area contributed by atoms with Gasteiger partial charge in [-0.15, -0.1) is 0 Å². The highest BCUT2D eigenvalue weighted by Crippen LogP contribution is 2.13. The van der Waals surface area contributed by atoms with Crippen molar-refractivity contribution in [1.82, 2.24) is 19.6 Å². The number of carbonyl (C=O) groups excluding carboxylic acids is 1. The molecule has 7 nitrogen and oxygen atoms in total. The maximum Gasteiger partial charge on any atom is 0.268 e. The SMILES string of the molecule is CNS(=O)(=O)c1cc(C(=O)NCc2cccnc2)n(C)c1. The highest BCUT2D eigenvalue weighted by atomic mass is 32.2. The first-order chi connectivity index (χ1) is 9.94. The lowest BCUT2D eigenvalue weighted by Crippen LogP contribution is -2.24. The minimum Gasteiger partial charge on any atom is -0.347 e. The number of nitrogens with one attached hydrogen (secondary N) is 2. The molecular formula is C13H16N4O3S. The molecule has 0 aliphatic rings. The zero-order valence-electron chi connectivity index (χ0n) is 11.7. The van der Waals surface area contributed by atoms with Crippen molar-refractivity contribution in [3.63, 3.8) is 0 Å². The summed E-state index contributed by atoms with van der Waals surface area (Å²) < 4.78 is 27.1. The third kappa shape index (κ3) is 3.47. The van der Waals surface area contributed by atoms with E-state index in [1.54, 1.807) is 25.5 Å². The Bertz CT molecular complexity index is 738. The minimum absolute atomic E-state index is 0.0547. The number of pyridine rings is 1. The van der Waals surface area contributed by atoms with Gasteiger partial charge in [0.2, 0.25) is 10.0 Å². The molecule has 0 aromatic carbocycles. The van der Waals surface area contributed by atoms with Gasteiger partial charge in [-0.3, -0.25) is 9.78 Å². The third-order valence-electron chi connectivity index (χ3n) is 2.97. The fraction of sp³-hybridized carbons (Fsp3) is 0.231. The maximum absolute atomic E-state index is 12.1. The van der Waals surface area contributed by atoms with E-state index in [4.69, 9.17) is 0 Å². The average molecular weight is 308 g/mol. The van der Waals surface area contributed by atoms with Gasteiger partial charge < -0.3 is 9.88 Å². The van der Waals surface area contributed by atoms with E-state index >= 15 is 0 Å². The fourth-order valence-electron chi connectivity index (χ4n) is 1.80. The molecule has 0 aliphatic heterocycles. The van der Waals surface area contributed by atoms with Gasteiger partial charge in [0.1, 0.15) is 10.6 Å². The molecule has 0 fully saturated rings. The number of rotatable bonds is 5. The van der Waals surface area contributed by atoms with Crippen LogP contribution in [0.3, 0.4) is 0 Å². The van der Waals surface area contributed by atoms with Crippen LogP contribution in [0.1, 0.15) is 16.1 Å². The Morgan fingerprint density at radius 2 is 2.19 bits per heavy atom. The quantitative estimate of drug-likeness (QED) is 0.828. The molecule has 2 aromatic heterocycles. The van der Waals surface area contributed by atoms with Crippen molar-refractivity contribution < 1.29 is 13.2 Å². The monoisotopic (exact) mass is 308 g/mol. The van der Waals surface area contributed by atoms with Gasteiger partial charge in [-0.25, -0.2) is 13.1 Å². The van der Waals surface area contributed by atoms with Crippen LogP contribution in [-0.2, 0) is 23.6 Å². The van der Waals surface area contributed by atoms with Gasteiger partial charge in [-0.2, -0.15) is 0 Å². The number of aryl methyl sites for hydroxylation is 1. The second-order valence-corrected chi connectivity index (χ2v) is 6.31. The zero-order chi connectivity index (χ0) is 15.5. The van der Waals surface area contributed by atoms with E-state index in [1.807, 2.05) is 6.07 Å². The van der Waals surface area contributed by atoms with Crippen LogP contribution in [0.15, 0.2) is 41.7 Å². The van der Waals surface area contributed by atoms with Crippen molar-refractivity contribution in [1.29, 1.82) is 0 Å². The molecule has 0 saturated heterocycles. The number of sulfonamides is 1. The average Bonchev–Trinajstić information content (AvgIpc) is 2.89. The van der Waals surface area contributed by atoms with Crippen LogP contribution in [0.5, 0.6) is 0 Å². The lowest BCUT2D eigenvalue weighted by molar-refractivity contribution is 0.0942. The van der Waals surface area contributed by atoms with Gasteiger partial charge in [0.05, 0.1) is 0 Å². The summed E-state index contributed by atoms with van der Waals surface area (Å²) in [4.78, 5) is 16.1. The number of hydrogen-bond acceptors (Lipinski definition) is 4. The van der Waals surface area contributed by atoms with Crippen LogP contribution >= 0.6 is 0 Å². The van der Waals surface area contributed by atoms with Crippen LogP contribution in [0, 0.1) is 0 Å². The summed E-state index contributed by atoms with van der Waals surface area (Å²) in [6, 6.07) is 4.96. The maximum atomic E-state index is 12.1. The molecule has 1 amide bonds. The standard InChI is InChI=1S/C13H16N4O3S/c1-14-21(19,20)11-6-12(17(2)9-11)13(18)16-8-10-4-3-5-15-7-10/h3-7,9,14H,8H2,1-2H3,(H,16,18). The predicted octanol–water partition coefficient (Wildman–Crippen LogP) is 0.258. The zero-order valence-corrected chi connectivity index (χ0v) is 12.5. The van der Waals surface area contributed by atoms with Crippen LogP contribution in [0.25, 0.3) is 0 Å². The van der Waals surface area contributed by atoms with E-state index in [-0.39, 0.29) is 16.5 Å². The first-order valence-electron chi connectivity index (χ1n) is 6.21. The Balaban J connectivity index is 2.13. The molecule has 2 aromatic rings. The second kappa shape index (κ2) is 6.06. The Morgan fingerprint density at radius 3 is 2.81 bits per heavy atom. The lowest BCUT2D eigenvalue weighted by Gasteiger charge is -2.05. The first kappa shape index (κ1) is 15.2. The predicted molar refractivity (Wildman–Crippen MR) is 77.1 cm³/mol. The molecule has 0 bridgehead atoms. The first-order valence-corrected chi connectivity index (χ1v) is 7.69. The van der Waals surface area contributed by atoms with Crippen LogP contribution in [0.4, 0.5) is 0 Å². The fourth-order valence-corrected chi connectivity index (χ4v) is 2.60. The molecule has 2 heterocycles. The van der Waals surface area contributed by atoms with Gasteiger partial charge in [0.25, 0.3) is 5.91 Å². The Kier molecular flexibility index (Phi) is 4.39. The number of carbonyl (C=O) groups is 1. The molecule has 0 saturated carbocycles. The summed E-state index contributed by atoms with van der Waals surface area (Å²) in [7, 11) is -0.619. The Morgan fingerprint density at radius 1 is 1.43 bits per heavy atom. The smallest absolute Gasteiger partial charge is 0.268 e. The lowest BCUT2D eigenvalue weighted by atomic mass is 10.3. The van der Waals surface area contributed by atoms with Crippen molar-refractivity contribution in [2.24, 2.45) is 7.05 Å². The van der Waals surface area contributed by atoms with E-state index in [2.05, 4.69) is 15.0 Å². The second-order valence-electron chi connectivity index (χ2n) is 4.42. The molecule has 8 heteroatoms. The van der Waals surface area contributed by atoms with Crippen molar-refractivity contribution in [2.45, 2.75) is 11.4 Å². The van der Waals surface area contributed by atoms with Gasteiger partial charge in [0.15, 0.2) is 0 Å². The summed E-state index contributed by atoms with van der Waals surface area (Å²) in [6.07, 6.45) is 4.70. The number of amides is 1. The molecule has 0 aliphatic carbocycles. The Labute approximate surface area is 123 Å².